The monoisotopic (exact) mass is 224 g/mol. The number of methoxy groups -OCH3 is 1. The van der Waals surface area contributed by atoms with Crippen LogP contribution in [0.4, 0.5) is 5.69 Å². The molecule has 6 nitrogen and oxygen atoms in total. The van der Waals surface area contributed by atoms with Gasteiger partial charge in [-0.3, -0.25) is 14.9 Å². The number of hydrogen-bond donors (Lipinski definition) is 0. The Morgan fingerprint density at radius 1 is 1.44 bits per heavy atom. The van der Waals surface area contributed by atoms with Crippen LogP contribution in [0, 0.1) is 10.1 Å². The van der Waals surface area contributed by atoms with Gasteiger partial charge in [-0.05, 0) is 12.1 Å². The van der Waals surface area contributed by atoms with Crippen molar-refractivity contribution in [1.29, 1.82) is 0 Å². The average molecular weight is 224 g/mol. The van der Waals surface area contributed by atoms with Gasteiger partial charge in [0.05, 0.1) is 12.0 Å². The Kier molecular flexibility index (Phi) is 3.44. The number of nitro groups is 1. The summed E-state index contributed by atoms with van der Waals surface area (Å²) in [5.41, 5.74) is 0.0488. The summed E-state index contributed by atoms with van der Waals surface area (Å²) in [5, 5.41) is 10.7. The molecule has 0 aromatic heterocycles. The highest BCUT2D eigenvalue weighted by Crippen LogP contribution is 2.27. The quantitative estimate of drug-likeness (QED) is 0.573. The van der Waals surface area contributed by atoms with Gasteiger partial charge >= 0.3 is 5.69 Å². The number of carbonyl (C=O) groups is 1. The van der Waals surface area contributed by atoms with Crippen molar-refractivity contribution in [2.24, 2.45) is 0 Å². The summed E-state index contributed by atoms with van der Waals surface area (Å²) in [6, 6.07) is 4.12. The van der Waals surface area contributed by atoms with Crippen LogP contribution < -0.4 is 4.74 Å². The minimum atomic E-state index is -0.578. The van der Waals surface area contributed by atoms with Gasteiger partial charge in [-0.25, -0.2) is 0 Å². The Hall–Kier alpha value is -2.11. The zero-order chi connectivity index (χ0) is 12.3. The van der Waals surface area contributed by atoms with Crippen LogP contribution in [0.1, 0.15) is 10.4 Å². The molecule has 0 unspecified atom stereocenters. The fourth-order valence-electron chi connectivity index (χ4n) is 1.22. The lowest BCUT2D eigenvalue weighted by atomic mass is 10.1. The molecule has 0 heterocycles. The Labute approximate surface area is 92.6 Å². The van der Waals surface area contributed by atoms with E-state index in [-0.39, 0.29) is 22.9 Å². The highest BCUT2D eigenvalue weighted by molar-refractivity contribution is 5.94. The van der Waals surface area contributed by atoms with E-state index < -0.39 is 4.92 Å². The third-order valence-electron chi connectivity index (χ3n) is 2.03. The number of hydrogen-bond acceptors (Lipinski definition) is 4. The van der Waals surface area contributed by atoms with Crippen molar-refractivity contribution in [3.8, 4) is 5.75 Å². The first kappa shape index (κ1) is 12.0. The van der Waals surface area contributed by atoms with Gasteiger partial charge in [-0.1, -0.05) is 0 Å². The van der Waals surface area contributed by atoms with Crippen LogP contribution in [0.3, 0.4) is 0 Å². The Balaban J connectivity index is 3.22. The molecule has 0 aliphatic rings. The first-order chi connectivity index (χ1) is 7.47. The zero-order valence-electron chi connectivity index (χ0n) is 9.26. The zero-order valence-corrected chi connectivity index (χ0v) is 9.26. The van der Waals surface area contributed by atoms with Crippen molar-refractivity contribution >= 4 is 11.6 Å². The van der Waals surface area contributed by atoms with Crippen LogP contribution in [-0.4, -0.2) is 36.9 Å². The number of nitro benzene ring substituents is 1. The highest BCUT2D eigenvalue weighted by atomic mass is 16.6. The second kappa shape index (κ2) is 4.61. The number of ether oxygens (including phenoxy) is 1. The molecule has 0 bridgehead atoms. The molecule has 0 saturated heterocycles. The maximum absolute atomic E-state index is 11.6. The van der Waals surface area contributed by atoms with Crippen LogP contribution in [0.25, 0.3) is 0 Å². The fraction of sp³-hybridized carbons (Fsp3) is 0.300. The van der Waals surface area contributed by atoms with Crippen LogP contribution in [0.15, 0.2) is 18.2 Å². The minimum absolute atomic E-state index is 0.139. The Morgan fingerprint density at radius 2 is 2.06 bits per heavy atom. The third-order valence-corrected chi connectivity index (χ3v) is 2.03. The average Bonchev–Trinajstić information content (AvgIpc) is 2.26. The first-order valence-electron chi connectivity index (χ1n) is 4.51. The number of amides is 1. The maximum Gasteiger partial charge on any atom is 0.311 e. The second-order valence-electron chi connectivity index (χ2n) is 3.34. The van der Waals surface area contributed by atoms with E-state index in [9.17, 15) is 14.9 Å². The molecule has 86 valence electrons. The van der Waals surface area contributed by atoms with E-state index in [2.05, 4.69) is 0 Å². The maximum atomic E-state index is 11.6. The molecule has 1 amide bonds. The summed E-state index contributed by atoms with van der Waals surface area (Å²) in [4.78, 5) is 23.1. The molecule has 0 radical (unpaired) electrons. The van der Waals surface area contributed by atoms with Gasteiger partial charge in [0.25, 0.3) is 5.91 Å². The van der Waals surface area contributed by atoms with Crippen molar-refractivity contribution in [3.63, 3.8) is 0 Å². The van der Waals surface area contributed by atoms with E-state index in [0.29, 0.717) is 0 Å². The summed E-state index contributed by atoms with van der Waals surface area (Å²) < 4.78 is 4.84. The molecule has 16 heavy (non-hydrogen) atoms. The van der Waals surface area contributed by atoms with Gasteiger partial charge in [0.2, 0.25) is 0 Å². The van der Waals surface area contributed by atoms with E-state index in [0.717, 1.165) is 0 Å². The molecule has 1 aromatic rings. The molecular weight excluding hydrogens is 212 g/mol. The molecule has 0 spiro atoms. The summed E-state index contributed by atoms with van der Waals surface area (Å²) in [6.07, 6.45) is 0. The SMILES string of the molecule is COc1ccc(C(=O)N(C)C)cc1[N+](=O)[O-]. The van der Waals surface area contributed by atoms with Crippen LogP contribution >= 0.6 is 0 Å². The standard InChI is InChI=1S/C10H12N2O4/c1-11(2)10(13)7-4-5-9(16-3)8(6-7)12(14)15/h4-6H,1-3H3. The molecule has 0 aliphatic carbocycles. The molecule has 6 heteroatoms. The second-order valence-corrected chi connectivity index (χ2v) is 3.34. The van der Waals surface area contributed by atoms with Gasteiger partial charge in [-0.2, -0.15) is 0 Å². The first-order valence-corrected chi connectivity index (χ1v) is 4.51. The van der Waals surface area contributed by atoms with Gasteiger partial charge < -0.3 is 9.64 Å². The third kappa shape index (κ3) is 2.28. The van der Waals surface area contributed by atoms with Gasteiger partial charge in [-0.15, -0.1) is 0 Å². The van der Waals surface area contributed by atoms with Crippen molar-refractivity contribution in [2.45, 2.75) is 0 Å². The van der Waals surface area contributed by atoms with Crippen LogP contribution in [-0.2, 0) is 0 Å². The van der Waals surface area contributed by atoms with Gasteiger partial charge in [0.15, 0.2) is 5.75 Å². The molecule has 1 rings (SSSR count). The van der Waals surface area contributed by atoms with Crippen LogP contribution in [0.5, 0.6) is 5.75 Å². The number of carbonyl (C=O) groups excluding carboxylic acids is 1. The summed E-state index contributed by atoms with van der Waals surface area (Å²) >= 11 is 0. The largest absolute Gasteiger partial charge is 0.490 e. The smallest absolute Gasteiger partial charge is 0.311 e. The Bertz CT molecular complexity index is 429. The lowest BCUT2D eigenvalue weighted by Crippen LogP contribution is -2.21. The Morgan fingerprint density at radius 3 is 2.50 bits per heavy atom. The van der Waals surface area contributed by atoms with E-state index in [4.69, 9.17) is 4.74 Å². The topological polar surface area (TPSA) is 72.7 Å². The summed E-state index contributed by atoms with van der Waals surface area (Å²) in [5.74, 6) is -0.147. The molecule has 0 atom stereocenters. The van der Waals surface area contributed by atoms with Crippen molar-refractivity contribution in [3.05, 3.63) is 33.9 Å². The molecule has 1 aromatic carbocycles. The van der Waals surface area contributed by atoms with Crippen molar-refractivity contribution in [1.82, 2.24) is 4.90 Å². The van der Waals surface area contributed by atoms with E-state index in [1.807, 2.05) is 0 Å². The molecular formula is C10H12N2O4. The number of benzene rings is 1. The van der Waals surface area contributed by atoms with E-state index >= 15 is 0 Å². The highest BCUT2D eigenvalue weighted by Gasteiger charge is 2.18. The normalized spacial score (nSPS) is 9.69. The van der Waals surface area contributed by atoms with Gasteiger partial charge in [0, 0.05) is 25.7 Å². The lowest BCUT2D eigenvalue weighted by Gasteiger charge is -2.10. The number of rotatable bonds is 3. The summed E-state index contributed by atoms with van der Waals surface area (Å²) in [6.45, 7) is 0. The molecule has 0 fully saturated rings. The van der Waals surface area contributed by atoms with E-state index in [1.54, 1.807) is 14.1 Å². The predicted octanol–water partition coefficient (Wildman–Crippen LogP) is 1.31. The number of nitrogens with zero attached hydrogens (tertiary/aromatic N) is 2. The minimum Gasteiger partial charge on any atom is -0.490 e. The van der Waals surface area contributed by atoms with Crippen LogP contribution in [0.2, 0.25) is 0 Å². The van der Waals surface area contributed by atoms with Crippen molar-refractivity contribution < 1.29 is 14.5 Å². The van der Waals surface area contributed by atoms with Gasteiger partial charge in [0.1, 0.15) is 0 Å². The summed E-state index contributed by atoms with van der Waals surface area (Å²) in [7, 11) is 4.51. The fourth-order valence-corrected chi connectivity index (χ4v) is 1.22. The molecule has 0 N–H and O–H groups in total. The molecule has 0 saturated carbocycles. The predicted molar refractivity (Wildman–Crippen MR) is 57.7 cm³/mol. The van der Waals surface area contributed by atoms with Crippen molar-refractivity contribution in [2.75, 3.05) is 21.2 Å². The molecule has 0 aliphatic heterocycles. The lowest BCUT2D eigenvalue weighted by molar-refractivity contribution is -0.385. The van der Waals surface area contributed by atoms with E-state index in [1.165, 1.54) is 30.2 Å².